The van der Waals surface area contributed by atoms with E-state index in [0.717, 1.165) is 5.56 Å². The van der Waals surface area contributed by atoms with Crippen LogP contribution in [0.15, 0.2) is 72.5 Å². The number of carbonyl (C=O) groups is 2. The summed E-state index contributed by atoms with van der Waals surface area (Å²) in [5.74, 6) is 0.207. The highest BCUT2D eigenvalue weighted by Gasteiger charge is 2.39. The van der Waals surface area contributed by atoms with Gasteiger partial charge in [0.25, 0.3) is 5.69 Å². The molecule has 2 aromatic carbocycles. The van der Waals surface area contributed by atoms with Crippen molar-refractivity contribution in [1.29, 1.82) is 0 Å². The number of non-ortho nitro benzene ring substituents is 1. The molecule has 1 heterocycles. The molecule has 0 saturated carbocycles. The number of Topliss-reactive ketones (excluding diaryl/α,β-unsaturated/α-hetero) is 1. The highest BCUT2D eigenvalue weighted by atomic mass is 16.6. The van der Waals surface area contributed by atoms with Gasteiger partial charge in [-0.05, 0) is 36.6 Å². The summed E-state index contributed by atoms with van der Waals surface area (Å²) in [5, 5.41) is 11.2. The molecule has 0 aromatic heterocycles. The van der Waals surface area contributed by atoms with Crippen molar-refractivity contribution >= 4 is 23.1 Å². The van der Waals surface area contributed by atoms with Gasteiger partial charge >= 0.3 is 0 Å². The van der Waals surface area contributed by atoms with Gasteiger partial charge in [-0.2, -0.15) is 0 Å². The summed E-state index contributed by atoms with van der Waals surface area (Å²) in [7, 11) is 0. The number of rotatable bonds is 6. The SMILES string of the molecule is C=CCOc1ccc(C2CC(=O)N(c3cccc([N+](=O)[O-])c3)C3=C2C(=O)CCC3)cc1. The van der Waals surface area contributed by atoms with Crippen molar-refractivity contribution in [2.24, 2.45) is 0 Å². The number of ketones is 1. The Morgan fingerprint density at radius 1 is 1.16 bits per heavy atom. The van der Waals surface area contributed by atoms with Crippen LogP contribution in [0.2, 0.25) is 0 Å². The van der Waals surface area contributed by atoms with Gasteiger partial charge in [0.1, 0.15) is 12.4 Å². The van der Waals surface area contributed by atoms with Crippen molar-refractivity contribution in [3.8, 4) is 5.75 Å². The first-order valence-corrected chi connectivity index (χ1v) is 10.2. The lowest BCUT2D eigenvalue weighted by molar-refractivity contribution is -0.384. The lowest BCUT2D eigenvalue weighted by Gasteiger charge is -2.38. The molecular weight excluding hydrogens is 396 g/mol. The molecule has 1 aliphatic heterocycles. The summed E-state index contributed by atoms with van der Waals surface area (Å²) in [6.07, 6.45) is 3.45. The van der Waals surface area contributed by atoms with Gasteiger partial charge in [0.05, 0.1) is 10.6 Å². The van der Waals surface area contributed by atoms with E-state index in [1.54, 1.807) is 18.2 Å². The molecule has 0 fully saturated rings. The molecule has 0 N–H and O–H groups in total. The zero-order valence-corrected chi connectivity index (χ0v) is 17.0. The van der Waals surface area contributed by atoms with E-state index in [4.69, 9.17) is 4.74 Å². The van der Waals surface area contributed by atoms with E-state index in [2.05, 4.69) is 6.58 Å². The highest BCUT2D eigenvalue weighted by Crippen LogP contribution is 2.43. The summed E-state index contributed by atoms with van der Waals surface area (Å²) in [6, 6.07) is 13.4. The van der Waals surface area contributed by atoms with Crippen LogP contribution in [0.3, 0.4) is 0 Å². The average molecular weight is 418 g/mol. The Kier molecular flexibility index (Phi) is 5.66. The number of hydrogen-bond donors (Lipinski definition) is 0. The minimum absolute atomic E-state index is 0.0289. The third-order valence-electron chi connectivity index (χ3n) is 5.62. The number of carbonyl (C=O) groups excluding carboxylic acids is 2. The van der Waals surface area contributed by atoms with Crippen molar-refractivity contribution < 1.29 is 19.2 Å². The second-order valence-corrected chi connectivity index (χ2v) is 7.57. The number of allylic oxidation sites excluding steroid dienone is 2. The molecule has 1 aliphatic carbocycles. The minimum Gasteiger partial charge on any atom is -0.490 e. The number of benzene rings is 2. The molecule has 2 aliphatic rings. The smallest absolute Gasteiger partial charge is 0.271 e. The van der Waals surface area contributed by atoms with Crippen LogP contribution in [0.25, 0.3) is 0 Å². The number of nitro benzene ring substituents is 1. The lowest BCUT2D eigenvalue weighted by atomic mass is 9.77. The molecule has 0 spiro atoms. The van der Waals surface area contributed by atoms with Crippen LogP contribution in [0.1, 0.15) is 37.2 Å². The maximum absolute atomic E-state index is 13.2. The maximum Gasteiger partial charge on any atom is 0.271 e. The first-order valence-electron chi connectivity index (χ1n) is 10.2. The first kappa shape index (κ1) is 20.5. The topological polar surface area (TPSA) is 89.8 Å². The minimum atomic E-state index is -0.488. The Morgan fingerprint density at radius 2 is 1.94 bits per heavy atom. The number of ether oxygens (including phenoxy) is 1. The van der Waals surface area contributed by atoms with Gasteiger partial charge in [-0.3, -0.25) is 24.6 Å². The average Bonchev–Trinajstić information content (AvgIpc) is 2.77. The van der Waals surface area contributed by atoms with Gasteiger partial charge in [-0.1, -0.05) is 30.9 Å². The Morgan fingerprint density at radius 3 is 2.65 bits per heavy atom. The first-order chi connectivity index (χ1) is 15.0. The number of nitrogens with zero attached hydrogens (tertiary/aromatic N) is 2. The molecule has 0 bridgehead atoms. The normalized spacial score (nSPS) is 18.6. The number of amides is 1. The Balaban J connectivity index is 1.75. The van der Waals surface area contributed by atoms with Crippen molar-refractivity contribution in [1.82, 2.24) is 0 Å². The number of nitro groups is 1. The molecular formula is C24H22N2O5. The van der Waals surface area contributed by atoms with Crippen LogP contribution in [-0.4, -0.2) is 23.2 Å². The molecule has 158 valence electrons. The van der Waals surface area contributed by atoms with Gasteiger partial charge in [-0.15, -0.1) is 0 Å². The summed E-state index contributed by atoms with van der Waals surface area (Å²) in [5.41, 5.74) is 2.50. The molecule has 31 heavy (non-hydrogen) atoms. The van der Waals surface area contributed by atoms with E-state index < -0.39 is 4.92 Å². The number of anilines is 1. The molecule has 1 unspecified atom stereocenters. The lowest BCUT2D eigenvalue weighted by Crippen LogP contribution is -2.40. The summed E-state index contributed by atoms with van der Waals surface area (Å²) in [4.78, 5) is 38.4. The standard InChI is InChI=1S/C24H22N2O5/c1-2-13-31-19-11-9-16(10-12-19)20-15-23(28)25(21-7-4-8-22(27)24(20)21)17-5-3-6-18(14-17)26(29)30/h2-3,5-6,9-12,14,20H,1,4,7-8,13,15H2. The predicted octanol–water partition coefficient (Wildman–Crippen LogP) is 4.69. The van der Waals surface area contributed by atoms with Crippen molar-refractivity contribution in [3.63, 3.8) is 0 Å². The van der Waals surface area contributed by atoms with E-state index >= 15 is 0 Å². The molecule has 7 nitrogen and oxygen atoms in total. The molecule has 4 rings (SSSR count). The zero-order valence-electron chi connectivity index (χ0n) is 17.0. The fraction of sp³-hybridized carbons (Fsp3) is 0.250. The second kappa shape index (κ2) is 8.55. The Bertz CT molecular complexity index is 1090. The summed E-state index contributed by atoms with van der Waals surface area (Å²) in [6.45, 7) is 4.02. The molecule has 0 radical (unpaired) electrons. The van der Waals surface area contributed by atoms with Crippen molar-refractivity contribution in [2.45, 2.75) is 31.6 Å². The zero-order chi connectivity index (χ0) is 22.0. The van der Waals surface area contributed by atoms with Crippen LogP contribution in [0.4, 0.5) is 11.4 Å². The predicted molar refractivity (Wildman–Crippen MR) is 116 cm³/mol. The molecule has 7 heteroatoms. The third kappa shape index (κ3) is 3.99. The van der Waals surface area contributed by atoms with E-state index in [0.29, 0.717) is 48.6 Å². The van der Waals surface area contributed by atoms with E-state index in [9.17, 15) is 19.7 Å². The highest BCUT2D eigenvalue weighted by molar-refractivity contribution is 6.07. The van der Waals surface area contributed by atoms with Crippen molar-refractivity contribution in [3.05, 3.63) is 88.1 Å². The van der Waals surface area contributed by atoms with Crippen molar-refractivity contribution in [2.75, 3.05) is 11.5 Å². The van der Waals surface area contributed by atoms with Crippen LogP contribution >= 0.6 is 0 Å². The van der Waals surface area contributed by atoms with Crippen LogP contribution in [-0.2, 0) is 9.59 Å². The van der Waals surface area contributed by atoms with E-state index in [1.165, 1.54) is 17.0 Å². The van der Waals surface area contributed by atoms with Gasteiger partial charge < -0.3 is 4.74 Å². The van der Waals surface area contributed by atoms with Gasteiger partial charge in [0.2, 0.25) is 5.91 Å². The summed E-state index contributed by atoms with van der Waals surface area (Å²) < 4.78 is 5.52. The van der Waals surface area contributed by atoms with Gasteiger partial charge in [-0.25, -0.2) is 0 Å². The fourth-order valence-electron chi connectivity index (χ4n) is 4.27. The van der Waals surface area contributed by atoms with Gasteiger partial charge in [0, 0.05) is 42.2 Å². The summed E-state index contributed by atoms with van der Waals surface area (Å²) >= 11 is 0. The van der Waals surface area contributed by atoms with Gasteiger partial charge in [0.15, 0.2) is 5.78 Å². The van der Waals surface area contributed by atoms with Crippen LogP contribution < -0.4 is 9.64 Å². The van der Waals surface area contributed by atoms with Crippen LogP contribution in [0, 0.1) is 10.1 Å². The fourth-order valence-corrected chi connectivity index (χ4v) is 4.27. The quantitative estimate of drug-likeness (QED) is 0.386. The number of hydrogen-bond acceptors (Lipinski definition) is 5. The van der Waals surface area contributed by atoms with Crippen LogP contribution in [0.5, 0.6) is 5.75 Å². The third-order valence-corrected chi connectivity index (χ3v) is 5.62. The monoisotopic (exact) mass is 418 g/mol. The Labute approximate surface area is 179 Å². The van der Waals surface area contributed by atoms with E-state index in [1.807, 2.05) is 24.3 Å². The molecule has 1 amide bonds. The largest absolute Gasteiger partial charge is 0.490 e. The molecule has 1 atom stereocenters. The molecule has 0 saturated heterocycles. The second-order valence-electron chi connectivity index (χ2n) is 7.57. The Hall–Kier alpha value is -3.74. The van der Waals surface area contributed by atoms with E-state index in [-0.39, 0.29) is 29.7 Å². The maximum atomic E-state index is 13.2. The molecule has 2 aromatic rings.